The molecule has 0 spiro atoms. The van der Waals surface area contributed by atoms with E-state index in [0.29, 0.717) is 13.0 Å². The van der Waals surface area contributed by atoms with Crippen LogP contribution in [0, 0.1) is 5.92 Å². The molecule has 0 aromatic heterocycles. The van der Waals surface area contributed by atoms with Crippen LogP contribution in [0.4, 0.5) is 0 Å². The fraction of sp³-hybridized carbons (Fsp3) is 0.591. The van der Waals surface area contributed by atoms with Gasteiger partial charge in [0.2, 0.25) is 23.6 Å². The Morgan fingerprint density at radius 2 is 1.72 bits per heavy atom. The molecule has 10 heteroatoms. The van der Waals surface area contributed by atoms with E-state index in [-0.39, 0.29) is 24.2 Å². The minimum absolute atomic E-state index is 0.211. The van der Waals surface area contributed by atoms with Crippen LogP contribution in [-0.2, 0) is 28.7 Å². The molecule has 32 heavy (non-hydrogen) atoms. The molecule has 0 bridgehead atoms. The van der Waals surface area contributed by atoms with Crippen LogP contribution >= 0.6 is 0 Å². The minimum atomic E-state index is -0.880. The van der Waals surface area contributed by atoms with Gasteiger partial charge in [-0.25, -0.2) is 4.79 Å². The Morgan fingerprint density at radius 3 is 2.31 bits per heavy atom. The van der Waals surface area contributed by atoms with Gasteiger partial charge in [-0.1, -0.05) is 26.0 Å². The molecule has 1 rings (SSSR count). The smallest absolute Gasteiger partial charge is 0.330 e. The second-order valence-electron chi connectivity index (χ2n) is 8.00. The molecular formula is C22H34N4O6. The predicted molar refractivity (Wildman–Crippen MR) is 118 cm³/mol. The molecule has 3 atom stereocenters. The number of hydrogen-bond acceptors (Lipinski definition) is 6. The summed E-state index contributed by atoms with van der Waals surface area (Å²) in [5, 5.41) is 5.42. The Balaban J connectivity index is 3.09. The van der Waals surface area contributed by atoms with Crippen LogP contribution in [0.3, 0.4) is 0 Å². The van der Waals surface area contributed by atoms with Gasteiger partial charge in [0, 0.05) is 32.8 Å². The summed E-state index contributed by atoms with van der Waals surface area (Å²) in [6, 6.07) is -2.35. The van der Waals surface area contributed by atoms with E-state index in [0.717, 1.165) is 6.08 Å². The van der Waals surface area contributed by atoms with Gasteiger partial charge >= 0.3 is 5.97 Å². The molecule has 0 aromatic carbocycles. The van der Waals surface area contributed by atoms with E-state index in [4.69, 9.17) is 0 Å². The average molecular weight is 451 g/mol. The highest BCUT2D eigenvalue weighted by molar-refractivity contribution is 5.96. The number of likely N-dealkylation sites (N-methyl/N-ethyl adjacent to an activating group) is 2. The first-order valence-corrected chi connectivity index (χ1v) is 10.6. The summed E-state index contributed by atoms with van der Waals surface area (Å²) >= 11 is 0. The van der Waals surface area contributed by atoms with Crippen molar-refractivity contribution >= 4 is 29.6 Å². The van der Waals surface area contributed by atoms with Crippen LogP contribution in [0.15, 0.2) is 24.3 Å². The molecule has 4 amide bonds. The first kappa shape index (κ1) is 26.9. The monoisotopic (exact) mass is 450 g/mol. The number of ether oxygens (including phenoxy) is 1. The number of hydrogen-bond donors (Lipinski definition) is 2. The molecule has 0 saturated carbocycles. The number of esters is 1. The molecule has 0 radical (unpaired) electrons. The van der Waals surface area contributed by atoms with Gasteiger partial charge in [0.15, 0.2) is 0 Å². The van der Waals surface area contributed by atoms with Gasteiger partial charge in [-0.05, 0) is 25.7 Å². The van der Waals surface area contributed by atoms with E-state index in [1.807, 2.05) is 13.8 Å². The van der Waals surface area contributed by atoms with Crippen molar-refractivity contribution in [3.8, 4) is 0 Å². The third kappa shape index (κ3) is 7.51. The lowest BCUT2D eigenvalue weighted by Crippen LogP contribution is -2.59. The summed E-state index contributed by atoms with van der Waals surface area (Å²) in [7, 11) is 4.31. The SMILES string of the molecule is COC(=O)/C=C/C=C/C(=O)N[C@H]1CCCNC(=O)[C@H](C)N(C)C(=O)[C@H](C(C)C)N(C)C1=O. The third-order valence-electron chi connectivity index (χ3n) is 5.33. The van der Waals surface area contributed by atoms with Crippen LogP contribution in [0.25, 0.3) is 0 Å². The highest BCUT2D eigenvalue weighted by atomic mass is 16.5. The highest BCUT2D eigenvalue weighted by Gasteiger charge is 2.37. The lowest BCUT2D eigenvalue weighted by molar-refractivity contribution is -0.150. The van der Waals surface area contributed by atoms with Gasteiger partial charge in [0.1, 0.15) is 18.1 Å². The zero-order valence-electron chi connectivity index (χ0n) is 19.6. The van der Waals surface area contributed by atoms with Gasteiger partial charge in [-0.2, -0.15) is 0 Å². The van der Waals surface area contributed by atoms with Crippen molar-refractivity contribution in [2.45, 2.75) is 51.7 Å². The van der Waals surface area contributed by atoms with Gasteiger partial charge in [0.05, 0.1) is 7.11 Å². The lowest BCUT2D eigenvalue weighted by atomic mass is 9.98. The predicted octanol–water partition coefficient (Wildman–Crippen LogP) is -0.00350. The number of amides is 4. The molecule has 1 aliphatic rings. The molecule has 1 aliphatic heterocycles. The number of carbonyl (C=O) groups excluding carboxylic acids is 5. The molecule has 0 aliphatic carbocycles. The maximum Gasteiger partial charge on any atom is 0.330 e. The molecule has 10 nitrogen and oxygen atoms in total. The molecule has 1 heterocycles. The third-order valence-corrected chi connectivity index (χ3v) is 5.33. The van der Waals surface area contributed by atoms with E-state index < -0.39 is 35.9 Å². The van der Waals surface area contributed by atoms with Crippen LogP contribution in [0.1, 0.15) is 33.6 Å². The number of nitrogens with zero attached hydrogens (tertiary/aromatic N) is 2. The normalized spacial score (nSPS) is 23.8. The fourth-order valence-corrected chi connectivity index (χ4v) is 3.34. The second kappa shape index (κ2) is 12.6. The Bertz CT molecular complexity index is 776. The Morgan fingerprint density at radius 1 is 1.09 bits per heavy atom. The summed E-state index contributed by atoms with van der Waals surface area (Å²) in [6.45, 7) is 5.59. The topological polar surface area (TPSA) is 125 Å². The Labute approximate surface area is 189 Å². The summed E-state index contributed by atoms with van der Waals surface area (Å²) in [5.41, 5.74) is 0. The minimum Gasteiger partial charge on any atom is -0.466 e. The summed E-state index contributed by atoms with van der Waals surface area (Å²) in [6.07, 6.45) is 5.78. The number of rotatable bonds is 5. The summed E-state index contributed by atoms with van der Waals surface area (Å²) in [4.78, 5) is 64.8. The van der Waals surface area contributed by atoms with E-state index in [9.17, 15) is 24.0 Å². The average Bonchev–Trinajstić information content (AvgIpc) is 2.75. The van der Waals surface area contributed by atoms with Gasteiger partial charge in [-0.3, -0.25) is 19.2 Å². The molecule has 2 N–H and O–H groups in total. The summed E-state index contributed by atoms with van der Waals surface area (Å²) < 4.78 is 4.46. The van der Waals surface area contributed by atoms with Gasteiger partial charge < -0.3 is 25.2 Å². The maximum atomic E-state index is 13.2. The molecule has 1 saturated heterocycles. The van der Waals surface area contributed by atoms with E-state index in [1.165, 1.54) is 49.2 Å². The highest BCUT2D eigenvalue weighted by Crippen LogP contribution is 2.17. The van der Waals surface area contributed by atoms with Crippen molar-refractivity contribution in [2.75, 3.05) is 27.7 Å². The number of allylic oxidation sites excluding steroid dienone is 2. The molecule has 1 fully saturated rings. The van der Waals surface area contributed by atoms with Gasteiger partial charge in [-0.15, -0.1) is 0 Å². The van der Waals surface area contributed by atoms with Crippen molar-refractivity contribution in [3.05, 3.63) is 24.3 Å². The molecular weight excluding hydrogens is 416 g/mol. The Kier molecular flexibility index (Phi) is 10.6. The zero-order valence-corrected chi connectivity index (χ0v) is 19.6. The second-order valence-corrected chi connectivity index (χ2v) is 8.00. The summed E-state index contributed by atoms with van der Waals surface area (Å²) in [5.74, 6) is -2.32. The van der Waals surface area contributed by atoms with Gasteiger partial charge in [0.25, 0.3) is 0 Å². The number of methoxy groups -OCH3 is 1. The largest absolute Gasteiger partial charge is 0.466 e. The first-order valence-electron chi connectivity index (χ1n) is 10.6. The molecule has 0 aromatic rings. The van der Waals surface area contributed by atoms with Crippen LogP contribution in [0.5, 0.6) is 0 Å². The quantitative estimate of drug-likeness (QED) is 0.345. The van der Waals surface area contributed by atoms with Crippen molar-refractivity contribution in [1.29, 1.82) is 0 Å². The lowest BCUT2D eigenvalue weighted by Gasteiger charge is -2.37. The number of carbonyl (C=O) groups is 5. The Hall–Kier alpha value is -3.17. The maximum absolute atomic E-state index is 13.2. The van der Waals surface area contributed by atoms with Crippen LogP contribution in [-0.4, -0.2) is 85.3 Å². The van der Waals surface area contributed by atoms with E-state index in [1.54, 1.807) is 6.92 Å². The molecule has 0 unspecified atom stereocenters. The standard InChI is InChI=1S/C22H34N4O6/c1-14(2)19-22(31)25(4)15(3)20(29)23-13-9-10-16(21(30)26(19)5)24-17(27)11-7-8-12-18(28)32-6/h7-8,11-12,14-16,19H,9-10,13H2,1-6H3,(H,23,29)(H,24,27)/b11-7+,12-8+/t15-,16-,19-/m0/s1. The van der Waals surface area contributed by atoms with Crippen molar-refractivity contribution in [3.63, 3.8) is 0 Å². The number of nitrogens with one attached hydrogen (secondary N) is 2. The fourth-order valence-electron chi connectivity index (χ4n) is 3.34. The first-order chi connectivity index (χ1) is 15.0. The zero-order chi connectivity index (χ0) is 24.4. The van der Waals surface area contributed by atoms with Crippen molar-refractivity contribution in [2.24, 2.45) is 5.92 Å². The van der Waals surface area contributed by atoms with Crippen molar-refractivity contribution < 1.29 is 28.7 Å². The molecule has 178 valence electrons. The van der Waals surface area contributed by atoms with E-state index in [2.05, 4.69) is 15.4 Å². The van der Waals surface area contributed by atoms with Crippen LogP contribution in [0.2, 0.25) is 0 Å². The van der Waals surface area contributed by atoms with E-state index >= 15 is 0 Å². The van der Waals surface area contributed by atoms with Crippen LogP contribution < -0.4 is 10.6 Å². The van der Waals surface area contributed by atoms with Crippen molar-refractivity contribution in [1.82, 2.24) is 20.4 Å².